The molecule has 7 heteroatoms. The molecule has 0 bridgehead atoms. The third kappa shape index (κ3) is 3.41. The van der Waals surface area contributed by atoms with Gasteiger partial charge in [-0.15, -0.1) is 5.10 Å². The largest absolute Gasteiger partial charge is 0.368 e. The van der Waals surface area contributed by atoms with Crippen LogP contribution in [0.2, 0.25) is 0 Å². The van der Waals surface area contributed by atoms with Crippen LogP contribution in [0.25, 0.3) is 0 Å². The Hall–Kier alpha value is -2.02. The van der Waals surface area contributed by atoms with Gasteiger partial charge in [0.05, 0.1) is 0 Å². The third-order valence-corrected chi connectivity index (χ3v) is 4.80. The molecule has 1 atom stereocenters. The minimum atomic E-state index is -0.338. The summed E-state index contributed by atoms with van der Waals surface area (Å²) < 4.78 is 0. The van der Waals surface area contributed by atoms with E-state index in [9.17, 15) is 4.79 Å². The Labute approximate surface area is 133 Å². The molecule has 1 fully saturated rings. The lowest BCUT2D eigenvalue weighted by molar-refractivity contribution is -0.131. The molecule has 0 unspecified atom stereocenters. The first kappa shape index (κ1) is 14.9. The van der Waals surface area contributed by atoms with Gasteiger partial charge in [-0.3, -0.25) is 4.79 Å². The Kier molecular flexibility index (Phi) is 4.62. The summed E-state index contributed by atoms with van der Waals surface area (Å²) in [5, 5.41) is 6.81. The minimum Gasteiger partial charge on any atom is -0.368 e. The van der Waals surface area contributed by atoms with Gasteiger partial charge in [0.25, 0.3) is 0 Å². The van der Waals surface area contributed by atoms with Gasteiger partial charge in [0.1, 0.15) is 5.25 Å². The van der Waals surface area contributed by atoms with Gasteiger partial charge in [0.15, 0.2) is 0 Å². The highest BCUT2D eigenvalue weighted by Gasteiger charge is 2.29. The van der Waals surface area contributed by atoms with Crippen molar-refractivity contribution in [2.24, 2.45) is 0 Å². The second kappa shape index (κ2) is 6.83. The average Bonchev–Trinajstić information content (AvgIpc) is 2.99. The first-order valence-corrected chi connectivity index (χ1v) is 8.30. The number of hydrogen-bond acceptors (Lipinski definition) is 5. The summed E-state index contributed by atoms with van der Waals surface area (Å²) in [4.78, 5) is 19.0. The number of carbonyl (C=O) groups excluding carboxylic acids is 1. The average molecular weight is 317 g/mol. The highest BCUT2D eigenvalue weighted by Crippen LogP contribution is 2.35. The summed E-state index contributed by atoms with van der Waals surface area (Å²) in [5.41, 5.74) is 6.54. The zero-order valence-corrected chi connectivity index (χ0v) is 13.1. The fourth-order valence-corrected chi connectivity index (χ4v) is 3.59. The molecule has 1 saturated heterocycles. The molecule has 2 heterocycles. The van der Waals surface area contributed by atoms with E-state index in [0.29, 0.717) is 5.16 Å². The van der Waals surface area contributed by atoms with Gasteiger partial charge in [0.2, 0.25) is 17.0 Å². The van der Waals surface area contributed by atoms with Crippen LogP contribution in [0, 0.1) is 0 Å². The fraction of sp³-hybridized carbons (Fsp3) is 0.400. The lowest BCUT2D eigenvalue weighted by Crippen LogP contribution is -2.38. The zero-order chi connectivity index (χ0) is 15.4. The normalized spacial score (nSPS) is 16.5. The second-order valence-corrected chi connectivity index (χ2v) is 6.37. The van der Waals surface area contributed by atoms with Crippen LogP contribution in [0.15, 0.2) is 35.5 Å². The molecule has 3 rings (SSSR count). The number of nitrogen functional groups attached to an aromatic ring is 1. The van der Waals surface area contributed by atoms with Crippen molar-refractivity contribution < 1.29 is 4.79 Å². The van der Waals surface area contributed by atoms with Gasteiger partial charge in [-0.05, 0) is 24.8 Å². The van der Waals surface area contributed by atoms with Crippen LogP contribution in [-0.4, -0.2) is 39.1 Å². The van der Waals surface area contributed by atoms with Crippen LogP contribution in [0.1, 0.15) is 30.1 Å². The number of hydrogen-bond donors (Lipinski definition) is 2. The van der Waals surface area contributed by atoms with Crippen LogP contribution < -0.4 is 5.73 Å². The van der Waals surface area contributed by atoms with Crippen molar-refractivity contribution in [3.05, 3.63) is 35.9 Å². The van der Waals surface area contributed by atoms with Crippen LogP contribution in [0.5, 0.6) is 0 Å². The molecule has 0 aliphatic carbocycles. The lowest BCUT2D eigenvalue weighted by Gasteiger charge is -2.30. The van der Waals surface area contributed by atoms with Crippen molar-refractivity contribution in [3.8, 4) is 0 Å². The number of likely N-dealkylation sites (tertiary alicyclic amines) is 1. The second-order valence-electron chi connectivity index (χ2n) is 5.30. The molecule has 1 amide bonds. The van der Waals surface area contributed by atoms with Gasteiger partial charge in [-0.25, -0.2) is 5.10 Å². The Bertz CT molecular complexity index is 624. The number of piperidine rings is 1. The van der Waals surface area contributed by atoms with E-state index < -0.39 is 0 Å². The molecule has 116 valence electrons. The van der Waals surface area contributed by atoms with Crippen molar-refractivity contribution in [2.45, 2.75) is 29.7 Å². The van der Waals surface area contributed by atoms with Crippen molar-refractivity contribution in [3.63, 3.8) is 0 Å². The monoisotopic (exact) mass is 317 g/mol. The number of anilines is 1. The molecule has 0 saturated carbocycles. The van der Waals surface area contributed by atoms with Gasteiger partial charge < -0.3 is 10.6 Å². The van der Waals surface area contributed by atoms with Crippen molar-refractivity contribution in [2.75, 3.05) is 18.8 Å². The van der Waals surface area contributed by atoms with E-state index in [1.165, 1.54) is 18.2 Å². The van der Waals surface area contributed by atoms with Crippen LogP contribution in [0.3, 0.4) is 0 Å². The van der Waals surface area contributed by atoms with E-state index in [4.69, 9.17) is 5.73 Å². The smallest absolute Gasteiger partial charge is 0.240 e. The predicted molar refractivity (Wildman–Crippen MR) is 86.3 cm³/mol. The van der Waals surface area contributed by atoms with Crippen molar-refractivity contribution in [1.29, 1.82) is 0 Å². The number of nitrogens with one attached hydrogen (secondary N) is 1. The standard InChI is InChI=1S/C15H19N5OS/c16-14-17-15(19-18-14)22-12(11-7-3-1-4-8-11)13(21)20-9-5-2-6-10-20/h1,3-4,7-8,12H,2,5-6,9-10H2,(H3,16,17,18,19)/t12-/m0/s1. The van der Waals surface area contributed by atoms with Crippen LogP contribution in [0.4, 0.5) is 5.95 Å². The predicted octanol–water partition coefficient (Wildman–Crippen LogP) is 2.23. The van der Waals surface area contributed by atoms with E-state index in [1.807, 2.05) is 35.2 Å². The van der Waals surface area contributed by atoms with Crippen molar-refractivity contribution in [1.82, 2.24) is 20.1 Å². The maximum atomic E-state index is 12.9. The number of aromatic nitrogens is 3. The van der Waals surface area contributed by atoms with E-state index in [1.54, 1.807) is 0 Å². The Morgan fingerprint density at radius 3 is 2.59 bits per heavy atom. The molecule has 1 aliphatic rings. The molecule has 6 nitrogen and oxygen atoms in total. The third-order valence-electron chi connectivity index (χ3n) is 3.70. The van der Waals surface area contributed by atoms with Gasteiger partial charge in [-0.1, -0.05) is 42.1 Å². The molecular weight excluding hydrogens is 298 g/mol. The van der Waals surface area contributed by atoms with Gasteiger partial charge >= 0.3 is 0 Å². The summed E-state index contributed by atoms with van der Waals surface area (Å²) in [6.45, 7) is 1.66. The quantitative estimate of drug-likeness (QED) is 0.844. The van der Waals surface area contributed by atoms with Crippen LogP contribution >= 0.6 is 11.8 Å². The number of amides is 1. The summed E-state index contributed by atoms with van der Waals surface area (Å²) in [6.07, 6.45) is 3.35. The van der Waals surface area contributed by atoms with Crippen molar-refractivity contribution >= 4 is 23.6 Å². The molecule has 3 N–H and O–H groups in total. The van der Waals surface area contributed by atoms with Gasteiger partial charge in [-0.2, -0.15) is 4.98 Å². The number of nitrogens with two attached hydrogens (primary N) is 1. The Balaban J connectivity index is 1.83. The van der Waals surface area contributed by atoms with E-state index in [0.717, 1.165) is 31.5 Å². The summed E-state index contributed by atoms with van der Waals surface area (Å²) in [7, 11) is 0. The topological polar surface area (TPSA) is 87.9 Å². The van der Waals surface area contributed by atoms with E-state index in [2.05, 4.69) is 15.2 Å². The van der Waals surface area contributed by atoms with E-state index in [-0.39, 0.29) is 17.1 Å². The Morgan fingerprint density at radius 1 is 1.23 bits per heavy atom. The number of benzene rings is 1. The maximum absolute atomic E-state index is 12.9. The Morgan fingerprint density at radius 2 is 1.95 bits per heavy atom. The maximum Gasteiger partial charge on any atom is 0.240 e. The number of nitrogens with zero attached hydrogens (tertiary/aromatic N) is 3. The molecular formula is C15H19N5OS. The molecule has 22 heavy (non-hydrogen) atoms. The highest BCUT2D eigenvalue weighted by molar-refractivity contribution is 8.00. The molecule has 1 aliphatic heterocycles. The number of thioether (sulfide) groups is 1. The molecule has 2 aromatic rings. The SMILES string of the molecule is Nc1nc(S[C@H](C(=O)N2CCCCC2)c2ccccc2)n[nH]1. The number of carbonyl (C=O) groups is 1. The van der Waals surface area contributed by atoms with E-state index >= 15 is 0 Å². The zero-order valence-electron chi connectivity index (χ0n) is 12.2. The van der Waals surface area contributed by atoms with Crippen LogP contribution in [-0.2, 0) is 4.79 Å². The number of rotatable bonds is 4. The first-order chi connectivity index (χ1) is 10.7. The minimum absolute atomic E-state index is 0.124. The highest BCUT2D eigenvalue weighted by atomic mass is 32.2. The first-order valence-electron chi connectivity index (χ1n) is 7.42. The lowest BCUT2D eigenvalue weighted by atomic mass is 10.1. The summed E-state index contributed by atoms with van der Waals surface area (Å²) in [5.74, 6) is 0.388. The number of H-pyrrole nitrogens is 1. The fourth-order valence-electron chi connectivity index (χ4n) is 2.59. The molecule has 1 aromatic carbocycles. The molecule has 1 aromatic heterocycles. The molecule has 0 radical (unpaired) electrons. The molecule has 0 spiro atoms. The number of aromatic amines is 1. The summed E-state index contributed by atoms with van der Waals surface area (Å²) in [6, 6.07) is 9.77. The van der Waals surface area contributed by atoms with Gasteiger partial charge in [0, 0.05) is 13.1 Å². The summed E-state index contributed by atoms with van der Waals surface area (Å²) >= 11 is 1.34.